The number of pyridine rings is 1. The lowest BCUT2D eigenvalue weighted by Gasteiger charge is -2.03. The van der Waals surface area contributed by atoms with Crippen molar-refractivity contribution in [3.63, 3.8) is 0 Å². The van der Waals surface area contributed by atoms with E-state index in [0.29, 0.717) is 0 Å². The van der Waals surface area contributed by atoms with Gasteiger partial charge in [0.15, 0.2) is 0 Å². The van der Waals surface area contributed by atoms with Crippen LogP contribution in [0, 0.1) is 24.3 Å². The second-order valence-corrected chi connectivity index (χ2v) is 3.41. The van der Waals surface area contributed by atoms with Crippen molar-refractivity contribution in [2.24, 2.45) is 0 Å². The van der Waals surface area contributed by atoms with Gasteiger partial charge in [0.1, 0.15) is 0 Å². The van der Waals surface area contributed by atoms with E-state index in [2.05, 4.69) is 41.4 Å². The molecule has 0 amide bonds. The molecule has 0 atom stereocenters. The van der Waals surface area contributed by atoms with E-state index in [1.165, 1.54) is 14.7 Å². The third-order valence-corrected chi connectivity index (χ3v) is 3.18. The summed E-state index contributed by atoms with van der Waals surface area (Å²) in [5.74, 6) is 0. The molecule has 1 heterocycles. The van der Waals surface area contributed by atoms with Crippen LogP contribution in [0.3, 0.4) is 0 Å². The molecule has 1 aromatic rings. The van der Waals surface area contributed by atoms with Crippen LogP contribution in [0.15, 0.2) is 6.20 Å². The molecule has 1 aromatic heterocycles. The number of nitrogens with zero attached hydrogens (tertiary/aromatic N) is 1. The highest BCUT2D eigenvalue weighted by molar-refractivity contribution is 14.1. The Morgan fingerprint density at radius 1 is 1.50 bits per heavy atom. The lowest BCUT2D eigenvalue weighted by Crippen LogP contribution is -1.92. The second-order valence-electron chi connectivity index (χ2n) is 2.33. The summed E-state index contributed by atoms with van der Waals surface area (Å²) in [6, 6.07) is 0. The van der Waals surface area contributed by atoms with Crippen molar-refractivity contribution in [3.05, 3.63) is 33.5 Å². The number of hydrogen-bond acceptors (Lipinski definition) is 1. The number of rotatable bonds is 0. The molecule has 0 unspecified atom stereocenters. The minimum Gasteiger partial charge on any atom is -0.261 e. The molecule has 0 aromatic carbocycles. The fraction of sp³-hybridized carbons (Fsp3) is 0.250. The Bertz CT molecular complexity index is 229. The molecular formula is C8H9IN. The minimum atomic E-state index is 0.884. The van der Waals surface area contributed by atoms with Gasteiger partial charge in [-0.15, -0.1) is 0 Å². The maximum atomic E-state index is 4.12. The average molecular weight is 246 g/mol. The maximum absolute atomic E-state index is 4.12. The highest BCUT2D eigenvalue weighted by Crippen LogP contribution is 2.16. The lowest BCUT2D eigenvalue weighted by molar-refractivity contribution is 1.15. The quantitative estimate of drug-likeness (QED) is 0.641. The Labute approximate surface area is 75.0 Å². The normalized spacial score (nSPS) is 10.0. The third-order valence-electron chi connectivity index (χ3n) is 1.52. The van der Waals surface area contributed by atoms with Gasteiger partial charge in [0.25, 0.3) is 0 Å². The zero-order chi connectivity index (χ0) is 7.72. The van der Waals surface area contributed by atoms with Crippen LogP contribution in [0.2, 0.25) is 0 Å². The summed E-state index contributed by atoms with van der Waals surface area (Å²) in [5, 5.41) is 0. The van der Waals surface area contributed by atoms with E-state index in [1.54, 1.807) is 0 Å². The second kappa shape index (κ2) is 2.86. The predicted molar refractivity (Wildman–Crippen MR) is 50.9 cm³/mol. The van der Waals surface area contributed by atoms with Crippen molar-refractivity contribution < 1.29 is 0 Å². The molecule has 1 radical (unpaired) electrons. The van der Waals surface area contributed by atoms with Gasteiger partial charge < -0.3 is 0 Å². The summed E-state index contributed by atoms with van der Waals surface area (Å²) >= 11 is 2.31. The first-order valence-electron chi connectivity index (χ1n) is 3.06. The molecular weight excluding hydrogens is 237 g/mol. The van der Waals surface area contributed by atoms with E-state index in [-0.39, 0.29) is 0 Å². The topological polar surface area (TPSA) is 12.9 Å². The standard InChI is InChI=1S/C8H9IN/c1-5-4-10-7(3)6(2)8(5)9/h4H,3H2,1-2H3. The smallest absolute Gasteiger partial charge is 0.0447 e. The monoisotopic (exact) mass is 246 g/mol. The van der Waals surface area contributed by atoms with Crippen LogP contribution < -0.4 is 0 Å². The Morgan fingerprint density at radius 2 is 2.10 bits per heavy atom. The highest BCUT2D eigenvalue weighted by Gasteiger charge is 2.00. The van der Waals surface area contributed by atoms with Gasteiger partial charge in [-0.1, -0.05) is 0 Å². The molecule has 0 spiro atoms. The van der Waals surface area contributed by atoms with Crippen molar-refractivity contribution in [2.45, 2.75) is 13.8 Å². The first-order valence-corrected chi connectivity index (χ1v) is 4.14. The van der Waals surface area contributed by atoms with E-state index < -0.39 is 0 Å². The Balaban J connectivity index is 3.34. The van der Waals surface area contributed by atoms with Crippen molar-refractivity contribution in [1.29, 1.82) is 0 Å². The number of aryl methyl sites for hydroxylation is 1. The molecule has 0 saturated carbocycles. The summed E-state index contributed by atoms with van der Waals surface area (Å²) < 4.78 is 1.28. The fourth-order valence-corrected chi connectivity index (χ4v) is 1.20. The van der Waals surface area contributed by atoms with Crippen LogP contribution in [0.5, 0.6) is 0 Å². The van der Waals surface area contributed by atoms with Crippen molar-refractivity contribution >= 4 is 22.6 Å². The van der Waals surface area contributed by atoms with Crippen molar-refractivity contribution in [3.8, 4) is 0 Å². The molecule has 0 N–H and O–H groups in total. The van der Waals surface area contributed by atoms with Gasteiger partial charge in [0.05, 0.1) is 0 Å². The molecule has 0 aliphatic rings. The maximum Gasteiger partial charge on any atom is 0.0447 e. The van der Waals surface area contributed by atoms with Gasteiger partial charge in [-0.2, -0.15) is 0 Å². The van der Waals surface area contributed by atoms with Crippen LogP contribution in [0.1, 0.15) is 16.8 Å². The molecule has 1 rings (SSSR count). The highest BCUT2D eigenvalue weighted by atomic mass is 127. The van der Waals surface area contributed by atoms with E-state index >= 15 is 0 Å². The molecule has 53 valence electrons. The number of hydrogen-bond donors (Lipinski definition) is 0. The van der Waals surface area contributed by atoms with Gasteiger partial charge in [-0.25, -0.2) is 0 Å². The van der Waals surface area contributed by atoms with E-state index in [1.807, 2.05) is 13.1 Å². The SMILES string of the molecule is [CH2]c1ncc(C)c(I)c1C. The average Bonchev–Trinajstić information content (AvgIpc) is 1.93. The van der Waals surface area contributed by atoms with Crippen molar-refractivity contribution in [2.75, 3.05) is 0 Å². The minimum absolute atomic E-state index is 0.884. The van der Waals surface area contributed by atoms with Gasteiger partial charge in [-0.3, -0.25) is 4.98 Å². The first-order chi connectivity index (χ1) is 4.63. The van der Waals surface area contributed by atoms with E-state index in [0.717, 1.165) is 5.69 Å². The Morgan fingerprint density at radius 3 is 2.60 bits per heavy atom. The molecule has 2 heteroatoms. The molecule has 0 aliphatic heterocycles. The van der Waals surface area contributed by atoms with Crippen LogP contribution in [-0.4, -0.2) is 4.98 Å². The molecule has 0 aliphatic carbocycles. The van der Waals surface area contributed by atoms with Crippen LogP contribution in [0.4, 0.5) is 0 Å². The zero-order valence-electron chi connectivity index (χ0n) is 6.11. The number of halogens is 1. The summed E-state index contributed by atoms with van der Waals surface area (Å²) in [4.78, 5) is 4.12. The van der Waals surface area contributed by atoms with Gasteiger partial charge >= 0.3 is 0 Å². The van der Waals surface area contributed by atoms with Gasteiger partial charge in [0, 0.05) is 15.5 Å². The zero-order valence-corrected chi connectivity index (χ0v) is 8.27. The van der Waals surface area contributed by atoms with E-state index in [4.69, 9.17) is 0 Å². The number of aromatic nitrogens is 1. The van der Waals surface area contributed by atoms with Gasteiger partial charge in [0.2, 0.25) is 0 Å². The lowest BCUT2D eigenvalue weighted by atomic mass is 10.2. The third kappa shape index (κ3) is 1.31. The summed E-state index contributed by atoms with van der Waals surface area (Å²) in [5.41, 5.74) is 3.31. The molecule has 0 bridgehead atoms. The Kier molecular flexibility index (Phi) is 2.28. The summed E-state index contributed by atoms with van der Waals surface area (Å²) in [7, 11) is 0. The van der Waals surface area contributed by atoms with E-state index in [9.17, 15) is 0 Å². The molecule has 0 saturated heterocycles. The summed E-state index contributed by atoms with van der Waals surface area (Å²) in [6.07, 6.45) is 1.86. The van der Waals surface area contributed by atoms with Crippen LogP contribution in [-0.2, 0) is 0 Å². The molecule has 10 heavy (non-hydrogen) atoms. The van der Waals surface area contributed by atoms with Crippen LogP contribution in [0.25, 0.3) is 0 Å². The van der Waals surface area contributed by atoms with Crippen LogP contribution >= 0.6 is 22.6 Å². The summed E-state index contributed by atoms with van der Waals surface area (Å²) in [6.45, 7) is 7.91. The predicted octanol–water partition coefficient (Wildman–Crippen LogP) is 2.49. The Hall–Kier alpha value is -0.120. The van der Waals surface area contributed by atoms with Crippen molar-refractivity contribution in [1.82, 2.24) is 4.98 Å². The first kappa shape index (κ1) is 7.98. The fourth-order valence-electron chi connectivity index (χ4n) is 0.751. The van der Waals surface area contributed by atoms with Gasteiger partial charge in [-0.05, 0) is 54.5 Å². The molecule has 0 fully saturated rings. The largest absolute Gasteiger partial charge is 0.261 e. The molecule has 1 nitrogen and oxygen atoms in total.